The molecule has 6 heteroatoms. The molecule has 3 aromatic rings. The Balaban J connectivity index is 1.40. The number of amides is 3. The highest BCUT2D eigenvalue weighted by atomic mass is 16.6. The SMILES string of the molecule is O=C(Nc1ccc(-c2ccccc2)cc1)[C@H]1CCC(=O)N1C(=O)OCc1ccccc1. The maximum absolute atomic E-state index is 12.8. The van der Waals surface area contributed by atoms with E-state index in [0.717, 1.165) is 21.6 Å². The van der Waals surface area contributed by atoms with Gasteiger partial charge >= 0.3 is 6.09 Å². The average molecular weight is 414 g/mol. The number of benzene rings is 3. The van der Waals surface area contributed by atoms with Crippen molar-refractivity contribution in [1.82, 2.24) is 4.90 Å². The summed E-state index contributed by atoms with van der Waals surface area (Å²) in [4.78, 5) is 38.5. The zero-order valence-corrected chi connectivity index (χ0v) is 16.9. The molecule has 1 atom stereocenters. The van der Waals surface area contributed by atoms with E-state index < -0.39 is 23.9 Å². The van der Waals surface area contributed by atoms with E-state index in [9.17, 15) is 14.4 Å². The summed E-state index contributed by atoms with van der Waals surface area (Å²) in [5.41, 5.74) is 3.51. The fourth-order valence-corrected chi connectivity index (χ4v) is 3.55. The molecule has 4 rings (SSSR count). The van der Waals surface area contributed by atoms with Gasteiger partial charge in [-0.1, -0.05) is 72.8 Å². The number of hydrogen-bond acceptors (Lipinski definition) is 4. The number of ether oxygens (including phenoxy) is 1. The summed E-state index contributed by atoms with van der Waals surface area (Å²) in [5, 5.41) is 2.80. The highest BCUT2D eigenvalue weighted by molar-refractivity contribution is 6.04. The second-order valence-electron chi connectivity index (χ2n) is 7.29. The van der Waals surface area contributed by atoms with Crippen LogP contribution in [-0.2, 0) is 20.9 Å². The fourth-order valence-electron chi connectivity index (χ4n) is 3.55. The molecule has 0 saturated carbocycles. The second kappa shape index (κ2) is 9.26. The standard InChI is InChI=1S/C25H22N2O4/c28-23-16-15-22(27(23)25(30)31-17-18-7-3-1-4-8-18)24(29)26-21-13-11-20(12-14-21)19-9-5-2-6-10-19/h1-14,22H,15-17H2,(H,26,29)/t22-/m1/s1. The zero-order valence-electron chi connectivity index (χ0n) is 16.9. The maximum Gasteiger partial charge on any atom is 0.417 e. The Morgan fingerprint density at radius 1 is 0.871 bits per heavy atom. The number of carbonyl (C=O) groups excluding carboxylic acids is 3. The van der Waals surface area contributed by atoms with E-state index in [2.05, 4.69) is 5.32 Å². The number of carbonyl (C=O) groups is 3. The van der Waals surface area contributed by atoms with Crippen LogP contribution in [0.2, 0.25) is 0 Å². The summed E-state index contributed by atoms with van der Waals surface area (Å²) in [6.07, 6.45) is -0.399. The van der Waals surface area contributed by atoms with E-state index >= 15 is 0 Å². The molecule has 1 heterocycles. The van der Waals surface area contributed by atoms with E-state index in [4.69, 9.17) is 4.74 Å². The minimum atomic E-state index is -0.885. The zero-order chi connectivity index (χ0) is 21.6. The minimum absolute atomic E-state index is 0.0404. The number of hydrogen-bond donors (Lipinski definition) is 1. The van der Waals surface area contributed by atoms with Gasteiger partial charge in [0.1, 0.15) is 12.6 Å². The number of nitrogens with zero attached hydrogens (tertiary/aromatic N) is 1. The summed E-state index contributed by atoms with van der Waals surface area (Å²) < 4.78 is 5.26. The Kier molecular flexibility index (Phi) is 6.08. The Hall–Kier alpha value is -3.93. The van der Waals surface area contributed by atoms with Gasteiger partial charge < -0.3 is 10.1 Å². The maximum atomic E-state index is 12.8. The molecule has 3 aromatic carbocycles. The van der Waals surface area contributed by atoms with E-state index in [-0.39, 0.29) is 19.4 Å². The Morgan fingerprint density at radius 3 is 2.16 bits per heavy atom. The molecule has 0 spiro atoms. The molecule has 6 nitrogen and oxygen atoms in total. The Morgan fingerprint density at radius 2 is 1.48 bits per heavy atom. The molecule has 1 aliphatic rings. The van der Waals surface area contributed by atoms with Gasteiger partial charge in [0.25, 0.3) is 0 Å². The molecule has 0 unspecified atom stereocenters. The van der Waals surface area contributed by atoms with Crippen molar-refractivity contribution in [1.29, 1.82) is 0 Å². The molecule has 0 aromatic heterocycles. The molecule has 156 valence electrons. The smallest absolute Gasteiger partial charge is 0.417 e. The Bertz CT molecular complexity index is 1070. The van der Waals surface area contributed by atoms with Gasteiger partial charge in [0.2, 0.25) is 11.8 Å². The fraction of sp³-hybridized carbons (Fsp3) is 0.160. The Labute approximate surface area is 180 Å². The van der Waals surface area contributed by atoms with Crippen LogP contribution in [0.25, 0.3) is 11.1 Å². The molecule has 3 amide bonds. The van der Waals surface area contributed by atoms with E-state index in [1.807, 2.05) is 72.8 Å². The summed E-state index contributed by atoms with van der Waals surface area (Å²) in [6.45, 7) is 0.0404. The van der Waals surface area contributed by atoms with Gasteiger partial charge in [-0.25, -0.2) is 9.69 Å². The van der Waals surface area contributed by atoms with Gasteiger partial charge in [0.15, 0.2) is 0 Å². The molecular formula is C25H22N2O4. The lowest BCUT2D eigenvalue weighted by molar-refractivity contribution is -0.131. The predicted molar refractivity (Wildman–Crippen MR) is 117 cm³/mol. The van der Waals surface area contributed by atoms with Crippen LogP contribution in [0.3, 0.4) is 0 Å². The minimum Gasteiger partial charge on any atom is -0.444 e. The molecule has 31 heavy (non-hydrogen) atoms. The predicted octanol–water partition coefficient (Wildman–Crippen LogP) is 4.62. The van der Waals surface area contributed by atoms with E-state index in [0.29, 0.717) is 5.69 Å². The van der Waals surface area contributed by atoms with E-state index in [1.54, 1.807) is 12.1 Å². The van der Waals surface area contributed by atoms with Crippen molar-refractivity contribution in [2.24, 2.45) is 0 Å². The molecule has 1 saturated heterocycles. The van der Waals surface area contributed by atoms with Crippen LogP contribution >= 0.6 is 0 Å². The molecular weight excluding hydrogens is 392 g/mol. The number of imide groups is 1. The summed E-state index contributed by atoms with van der Waals surface area (Å²) >= 11 is 0. The van der Waals surface area contributed by atoms with Gasteiger partial charge in [0.05, 0.1) is 0 Å². The topological polar surface area (TPSA) is 75.7 Å². The first-order valence-corrected chi connectivity index (χ1v) is 10.1. The third-order valence-electron chi connectivity index (χ3n) is 5.18. The van der Waals surface area contributed by atoms with Crippen LogP contribution in [-0.4, -0.2) is 28.8 Å². The lowest BCUT2D eigenvalue weighted by atomic mass is 10.1. The highest BCUT2D eigenvalue weighted by Gasteiger charge is 2.41. The van der Waals surface area contributed by atoms with Crippen LogP contribution in [0.15, 0.2) is 84.9 Å². The van der Waals surface area contributed by atoms with Gasteiger partial charge in [-0.2, -0.15) is 0 Å². The third-order valence-corrected chi connectivity index (χ3v) is 5.18. The van der Waals surface area contributed by atoms with Crippen LogP contribution in [0.1, 0.15) is 18.4 Å². The third kappa shape index (κ3) is 4.80. The molecule has 1 N–H and O–H groups in total. The number of likely N-dealkylation sites (tertiary alicyclic amines) is 1. The molecule has 1 fully saturated rings. The largest absolute Gasteiger partial charge is 0.444 e. The lowest BCUT2D eigenvalue weighted by Gasteiger charge is -2.21. The summed E-state index contributed by atoms with van der Waals surface area (Å²) in [5.74, 6) is -0.812. The molecule has 1 aliphatic heterocycles. The number of rotatable bonds is 5. The van der Waals surface area contributed by atoms with Crippen LogP contribution < -0.4 is 5.32 Å². The second-order valence-corrected chi connectivity index (χ2v) is 7.29. The molecule has 0 bridgehead atoms. The van der Waals surface area contributed by atoms with Crippen molar-refractivity contribution in [3.8, 4) is 11.1 Å². The van der Waals surface area contributed by atoms with Crippen molar-refractivity contribution in [2.45, 2.75) is 25.5 Å². The van der Waals surface area contributed by atoms with Crippen molar-refractivity contribution in [3.63, 3.8) is 0 Å². The van der Waals surface area contributed by atoms with E-state index in [1.165, 1.54) is 0 Å². The summed E-state index contributed by atoms with van der Waals surface area (Å²) in [6, 6.07) is 25.6. The summed E-state index contributed by atoms with van der Waals surface area (Å²) in [7, 11) is 0. The lowest BCUT2D eigenvalue weighted by Crippen LogP contribution is -2.45. The van der Waals surface area contributed by atoms with Crippen molar-refractivity contribution >= 4 is 23.6 Å². The average Bonchev–Trinajstić information content (AvgIpc) is 3.21. The first kappa shape index (κ1) is 20.3. The van der Waals surface area contributed by atoms with Crippen LogP contribution in [0.4, 0.5) is 10.5 Å². The number of nitrogens with one attached hydrogen (secondary N) is 1. The van der Waals surface area contributed by atoms with Crippen molar-refractivity contribution in [3.05, 3.63) is 90.5 Å². The van der Waals surface area contributed by atoms with Crippen molar-refractivity contribution in [2.75, 3.05) is 5.32 Å². The normalized spacial score (nSPS) is 15.5. The highest BCUT2D eigenvalue weighted by Crippen LogP contribution is 2.24. The first-order valence-electron chi connectivity index (χ1n) is 10.1. The van der Waals surface area contributed by atoms with Gasteiger partial charge in [-0.3, -0.25) is 9.59 Å². The monoisotopic (exact) mass is 414 g/mol. The quantitative estimate of drug-likeness (QED) is 0.661. The van der Waals surface area contributed by atoms with Gasteiger partial charge in [0, 0.05) is 12.1 Å². The van der Waals surface area contributed by atoms with Crippen molar-refractivity contribution < 1.29 is 19.1 Å². The first-order chi connectivity index (χ1) is 15.1. The number of anilines is 1. The van der Waals surface area contributed by atoms with Gasteiger partial charge in [-0.05, 0) is 35.2 Å². The molecule has 0 aliphatic carbocycles. The molecule has 0 radical (unpaired) electrons. The van der Waals surface area contributed by atoms with Gasteiger partial charge in [-0.15, -0.1) is 0 Å². The van der Waals surface area contributed by atoms with Crippen LogP contribution in [0, 0.1) is 0 Å². The van der Waals surface area contributed by atoms with Crippen LogP contribution in [0.5, 0.6) is 0 Å².